The summed E-state index contributed by atoms with van der Waals surface area (Å²) in [5.41, 5.74) is 0.104. The standard InChI is InChI=1S/C14H17FN4O2S/c1-3-7-19-13(21)17-18-14(19)22-9(2)12(20)16-11-6-4-5-10(15)8-11/h4-6,8-9H,3,7H2,1-2H3,(H,16,20)(H,17,21)/t9-/m1/s1. The number of thioether (sulfide) groups is 1. The Morgan fingerprint density at radius 2 is 2.32 bits per heavy atom. The Hall–Kier alpha value is -2.09. The van der Waals surface area contributed by atoms with Gasteiger partial charge in [0.05, 0.1) is 5.25 Å². The van der Waals surface area contributed by atoms with Crippen molar-refractivity contribution in [2.45, 2.75) is 37.2 Å². The van der Waals surface area contributed by atoms with Gasteiger partial charge in [0.2, 0.25) is 5.91 Å². The zero-order valence-corrected chi connectivity index (χ0v) is 13.1. The molecule has 22 heavy (non-hydrogen) atoms. The zero-order valence-electron chi connectivity index (χ0n) is 12.3. The number of halogens is 1. The molecule has 8 heteroatoms. The molecule has 0 radical (unpaired) electrons. The van der Waals surface area contributed by atoms with Crippen LogP contribution in [0.25, 0.3) is 0 Å². The van der Waals surface area contributed by atoms with Crippen LogP contribution in [0.2, 0.25) is 0 Å². The second-order valence-electron chi connectivity index (χ2n) is 4.72. The summed E-state index contributed by atoms with van der Waals surface area (Å²) in [4.78, 5) is 23.7. The quantitative estimate of drug-likeness (QED) is 0.799. The van der Waals surface area contributed by atoms with Crippen molar-refractivity contribution < 1.29 is 9.18 Å². The maximum atomic E-state index is 13.1. The van der Waals surface area contributed by atoms with E-state index in [9.17, 15) is 14.0 Å². The molecule has 1 aromatic heterocycles. The molecule has 6 nitrogen and oxygen atoms in total. The van der Waals surface area contributed by atoms with Gasteiger partial charge in [0.1, 0.15) is 5.82 Å². The Morgan fingerprint density at radius 3 is 3.00 bits per heavy atom. The predicted octanol–water partition coefficient (Wildman–Crippen LogP) is 2.24. The molecule has 0 aliphatic rings. The minimum Gasteiger partial charge on any atom is -0.325 e. The van der Waals surface area contributed by atoms with Crippen LogP contribution in [0.1, 0.15) is 20.3 Å². The minimum absolute atomic E-state index is 0.283. The number of hydrogen-bond donors (Lipinski definition) is 2. The summed E-state index contributed by atoms with van der Waals surface area (Å²) < 4.78 is 14.6. The van der Waals surface area contributed by atoms with Gasteiger partial charge in [0, 0.05) is 12.2 Å². The topological polar surface area (TPSA) is 79.8 Å². The third-order valence-electron chi connectivity index (χ3n) is 2.91. The Morgan fingerprint density at radius 1 is 1.55 bits per heavy atom. The van der Waals surface area contributed by atoms with E-state index in [1.165, 1.54) is 34.5 Å². The van der Waals surface area contributed by atoms with Crippen LogP contribution in [0.4, 0.5) is 10.1 Å². The van der Waals surface area contributed by atoms with E-state index < -0.39 is 11.1 Å². The molecule has 1 heterocycles. The lowest BCUT2D eigenvalue weighted by Crippen LogP contribution is -2.24. The molecule has 0 aliphatic heterocycles. The third-order valence-corrected chi connectivity index (χ3v) is 4.00. The number of nitrogens with one attached hydrogen (secondary N) is 2. The van der Waals surface area contributed by atoms with Crippen LogP contribution in [0, 0.1) is 5.82 Å². The molecule has 0 unspecified atom stereocenters. The first-order valence-electron chi connectivity index (χ1n) is 6.89. The fourth-order valence-corrected chi connectivity index (χ4v) is 2.72. The van der Waals surface area contributed by atoms with E-state index in [1.54, 1.807) is 13.0 Å². The molecule has 2 aromatic rings. The number of H-pyrrole nitrogens is 1. The number of carbonyl (C=O) groups excluding carboxylic acids is 1. The van der Waals surface area contributed by atoms with E-state index in [1.807, 2.05) is 6.92 Å². The number of aromatic amines is 1. The Balaban J connectivity index is 2.04. The largest absolute Gasteiger partial charge is 0.343 e. The summed E-state index contributed by atoms with van der Waals surface area (Å²) in [6.07, 6.45) is 0.789. The van der Waals surface area contributed by atoms with Crippen LogP contribution in [0.3, 0.4) is 0 Å². The lowest BCUT2D eigenvalue weighted by Gasteiger charge is -2.12. The molecule has 0 bridgehead atoms. The summed E-state index contributed by atoms with van der Waals surface area (Å²) in [7, 11) is 0. The SMILES string of the molecule is CCCn1c(S[C@H](C)C(=O)Nc2cccc(F)c2)n[nH]c1=O. The van der Waals surface area contributed by atoms with Gasteiger partial charge in [-0.3, -0.25) is 9.36 Å². The van der Waals surface area contributed by atoms with Crippen molar-refractivity contribution in [3.05, 3.63) is 40.6 Å². The number of amides is 1. The molecule has 0 spiro atoms. The Kier molecular flexibility index (Phi) is 5.37. The Bertz CT molecular complexity index is 713. The highest BCUT2D eigenvalue weighted by Crippen LogP contribution is 2.21. The molecule has 2 N–H and O–H groups in total. The van der Waals surface area contributed by atoms with E-state index in [0.717, 1.165) is 6.42 Å². The van der Waals surface area contributed by atoms with Gasteiger partial charge >= 0.3 is 5.69 Å². The molecular formula is C14H17FN4O2S. The second kappa shape index (κ2) is 7.26. The van der Waals surface area contributed by atoms with Crippen LogP contribution in [-0.2, 0) is 11.3 Å². The van der Waals surface area contributed by atoms with Crippen molar-refractivity contribution in [2.75, 3.05) is 5.32 Å². The van der Waals surface area contributed by atoms with Crippen molar-refractivity contribution >= 4 is 23.4 Å². The summed E-state index contributed by atoms with van der Waals surface area (Å²) in [5, 5.41) is 8.93. The molecule has 118 valence electrons. The van der Waals surface area contributed by atoms with Gasteiger partial charge in [-0.15, -0.1) is 5.10 Å². The van der Waals surface area contributed by atoms with E-state index >= 15 is 0 Å². The van der Waals surface area contributed by atoms with Crippen LogP contribution in [0.15, 0.2) is 34.2 Å². The van der Waals surface area contributed by atoms with E-state index in [0.29, 0.717) is 17.4 Å². The van der Waals surface area contributed by atoms with Gasteiger partial charge < -0.3 is 5.32 Å². The summed E-state index contributed by atoms with van der Waals surface area (Å²) >= 11 is 1.18. The number of rotatable bonds is 6. The first kappa shape index (κ1) is 16.3. The van der Waals surface area contributed by atoms with Crippen molar-refractivity contribution in [3.8, 4) is 0 Å². The van der Waals surface area contributed by atoms with Crippen molar-refractivity contribution in [3.63, 3.8) is 0 Å². The number of aromatic nitrogens is 3. The van der Waals surface area contributed by atoms with Crippen LogP contribution in [0.5, 0.6) is 0 Å². The number of benzene rings is 1. The molecule has 0 fully saturated rings. The summed E-state index contributed by atoms with van der Waals surface area (Å²) in [6.45, 7) is 4.19. The molecule has 1 atom stereocenters. The number of carbonyl (C=O) groups is 1. The van der Waals surface area contributed by atoms with Crippen molar-refractivity contribution in [1.29, 1.82) is 0 Å². The molecule has 1 amide bonds. The van der Waals surface area contributed by atoms with E-state index in [-0.39, 0.29) is 11.6 Å². The highest BCUT2D eigenvalue weighted by Gasteiger charge is 2.19. The van der Waals surface area contributed by atoms with Crippen LogP contribution in [-0.4, -0.2) is 25.9 Å². The normalized spacial score (nSPS) is 12.1. The van der Waals surface area contributed by atoms with Crippen LogP contribution >= 0.6 is 11.8 Å². The van der Waals surface area contributed by atoms with Crippen molar-refractivity contribution in [1.82, 2.24) is 14.8 Å². The predicted molar refractivity (Wildman–Crippen MR) is 83.5 cm³/mol. The highest BCUT2D eigenvalue weighted by atomic mass is 32.2. The average Bonchev–Trinajstić information content (AvgIpc) is 2.80. The maximum Gasteiger partial charge on any atom is 0.343 e. The van der Waals surface area contributed by atoms with E-state index in [2.05, 4.69) is 15.5 Å². The number of nitrogens with zero attached hydrogens (tertiary/aromatic N) is 2. The molecule has 0 saturated carbocycles. The summed E-state index contributed by atoms with van der Waals surface area (Å²) in [5.74, 6) is -0.698. The van der Waals surface area contributed by atoms with Gasteiger partial charge in [-0.1, -0.05) is 24.8 Å². The zero-order chi connectivity index (χ0) is 16.1. The van der Waals surface area contributed by atoms with Gasteiger partial charge in [-0.05, 0) is 31.5 Å². The van der Waals surface area contributed by atoms with Gasteiger partial charge in [-0.2, -0.15) is 0 Å². The fraction of sp³-hybridized carbons (Fsp3) is 0.357. The highest BCUT2D eigenvalue weighted by molar-refractivity contribution is 8.00. The molecule has 0 aliphatic carbocycles. The van der Waals surface area contributed by atoms with Gasteiger partial charge in [-0.25, -0.2) is 14.3 Å². The first-order chi connectivity index (χ1) is 10.5. The Labute approximate surface area is 131 Å². The minimum atomic E-state index is -0.478. The average molecular weight is 324 g/mol. The summed E-state index contributed by atoms with van der Waals surface area (Å²) in [6, 6.07) is 5.69. The van der Waals surface area contributed by atoms with Crippen molar-refractivity contribution in [2.24, 2.45) is 0 Å². The number of anilines is 1. The van der Waals surface area contributed by atoms with Crippen LogP contribution < -0.4 is 11.0 Å². The molecule has 1 aromatic carbocycles. The molecular weight excluding hydrogens is 307 g/mol. The third kappa shape index (κ3) is 3.97. The molecule has 2 rings (SSSR count). The van der Waals surface area contributed by atoms with E-state index in [4.69, 9.17) is 0 Å². The van der Waals surface area contributed by atoms with Gasteiger partial charge in [0.25, 0.3) is 0 Å². The number of hydrogen-bond acceptors (Lipinski definition) is 4. The lowest BCUT2D eigenvalue weighted by molar-refractivity contribution is -0.115. The smallest absolute Gasteiger partial charge is 0.325 e. The lowest BCUT2D eigenvalue weighted by atomic mass is 10.3. The first-order valence-corrected chi connectivity index (χ1v) is 7.77. The van der Waals surface area contributed by atoms with Gasteiger partial charge in [0.15, 0.2) is 5.16 Å². The molecule has 0 saturated heterocycles. The maximum absolute atomic E-state index is 13.1. The second-order valence-corrected chi connectivity index (χ2v) is 6.03. The fourth-order valence-electron chi connectivity index (χ4n) is 1.84. The monoisotopic (exact) mass is 324 g/mol.